The molecule has 1 heterocycles. The van der Waals surface area contributed by atoms with Gasteiger partial charge in [0.1, 0.15) is 0 Å². The van der Waals surface area contributed by atoms with Gasteiger partial charge in [0, 0.05) is 17.4 Å². The molecule has 0 atom stereocenters. The minimum Gasteiger partial charge on any atom is -0.399 e. The second kappa shape index (κ2) is 3.65. The van der Waals surface area contributed by atoms with Crippen molar-refractivity contribution in [3.63, 3.8) is 0 Å². The predicted octanol–water partition coefficient (Wildman–Crippen LogP) is 2.61. The summed E-state index contributed by atoms with van der Waals surface area (Å²) >= 11 is 0. The lowest BCUT2D eigenvalue weighted by Crippen LogP contribution is -1.90. The first kappa shape index (κ1) is 9.58. The van der Waals surface area contributed by atoms with E-state index in [2.05, 4.69) is 4.98 Å². The van der Waals surface area contributed by atoms with E-state index in [1.807, 2.05) is 0 Å². The van der Waals surface area contributed by atoms with E-state index in [9.17, 15) is 8.78 Å². The van der Waals surface area contributed by atoms with Crippen LogP contribution in [0.5, 0.6) is 0 Å². The van der Waals surface area contributed by atoms with Gasteiger partial charge in [-0.2, -0.15) is 0 Å². The topological polar surface area (TPSA) is 38.9 Å². The molecular formula is C11H8F2N2. The van der Waals surface area contributed by atoms with E-state index in [4.69, 9.17) is 5.73 Å². The Morgan fingerprint density at radius 3 is 2.47 bits per heavy atom. The van der Waals surface area contributed by atoms with Crippen LogP contribution < -0.4 is 5.73 Å². The zero-order valence-corrected chi connectivity index (χ0v) is 7.74. The summed E-state index contributed by atoms with van der Waals surface area (Å²) in [5.41, 5.74) is 7.11. The fraction of sp³-hybridized carbons (Fsp3) is 0. The van der Waals surface area contributed by atoms with Crippen LogP contribution in [0.25, 0.3) is 11.3 Å². The zero-order chi connectivity index (χ0) is 10.8. The van der Waals surface area contributed by atoms with Crippen LogP contribution in [0, 0.1) is 11.6 Å². The van der Waals surface area contributed by atoms with E-state index in [0.717, 1.165) is 12.1 Å². The summed E-state index contributed by atoms with van der Waals surface area (Å²) in [6.45, 7) is 0. The van der Waals surface area contributed by atoms with Gasteiger partial charge in [0.05, 0.1) is 5.69 Å². The van der Waals surface area contributed by atoms with E-state index in [1.54, 1.807) is 12.1 Å². The van der Waals surface area contributed by atoms with Crippen LogP contribution in [0.3, 0.4) is 0 Å². The third-order valence-electron chi connectivity index (χ3n) is 2.00. The largest absolute Gasteiger partial charge is 0.399 e. The molecule has 1 aromatic carbocycles. The molecule has 2 N–H and O–H groups in total. The Kier molecular flexibility index (Phi) is 2.33. The summed E-state index contributed by atoms with van der Waals surface area (Å²) in [5, 5.41) is 0. The van der Waals surface area contributed by atoms with Gasteiger partial charge in [-0.1, -0.05) is 0 Å². The molecule has 2 nitrogen and oxygen atoms in total. The SMILES string of the molecule is Nc1ccnc(-c2ccc(F)c(F)c2)c1. The van der Waals surface area contributed by atoms with E-state index >= 15 is 0 Å². The molecule has 76 valence electrons. The van der Waals surface area contributed by atoms with Crippen LogP contribution in [-0.2, 0) is 0 Å². The molecule has 0 aliphatic carbocycles. The number of nitrogens with two attached hydrogens (primary N) is 1. The first-order chi connectivity index (χ1) is 7.16. The van der Waals surface area contributed by atoms with Gasteiger partial charge >= 0.3 is 0 Å². The highest BCUT2D eigenvalue weighted by molar-refractivity contribution is 5.62. The average molecular weight is 206 g/mol. The van der Waals surface area contributed by atoms with Crippen molar-refractivity contribution in [1.82, 2.24) is 4.98 Å². The monoisotopic (exact) mass is 206 g/mol. The fourth-order valence-corrected chi connectivity index (χ4v) is 1.26. The van der Waals surface area contributed by atoms with Gasteiger partial charge in [-0.25, -0.2) is 8.78 Å². The average Bonchev–Trinajstić information content (AvgIpc) is 2.22. The van der Waals surface area contributed by atoms with Gasteiger partial charge in [-0.15, -0.1) is 0 Å². The molecule has 0 saturated heterocycles. The maximum absolute atomic E-state index is 12.9. The number of pyridine rings is 1. The number of hydrogen-bond acceptors (Lipinski definition) is 2. The molecule has 1 aromatic heterocycles. The highest BCUT2D eigenvalue weighted by Gasteiger charge is 2.05. The Morgan fingerprint density at radius 2 is 1.80 bits per heavy atom. The highest BCUT2D eigenvalue weighted by atomic mass is 19.2. The Labute approximate surface area is 85.4 Å². The quantitative estimate of drug-likeness (QED) is 0.778. The lowest BCUT2D eigenvalue weighted by Gasteiger charge is -2.02. The third kappa shape index (κ3) is 1.93. The number of aromatic nitrogens is 1. The van der Waals surface area contributed by atoms with Crippen LogP contribution in [0.15, 0.2) is 36.5 Å². The molecule has 0 fully saturated rings. The predicted molar refractivity (Wildman–Crippen MR) is 54.0 cm³/mol. The van der Waals surface area contributed by atoms with Crippen LogP contribution >= 0.6 is 0 Å². The second-order valence-electron chi connectivity index (χ2n) is 3.10. The van der Waals surface area contributed by atoms with E-state index in [1.165, 1.54) is 12.3 Å². The smallest absolute Gasteiger partial charge is 0.159 e. The first-order valence-electron chi connectivity index (χ1n) is 4.34. The maximum Gasteiger partial charge on any atom is 0.159 e. The maximum atomic E-state index is 12.9. The van der Waals surface area contributed by atoms with Crippen molar-refractivity contribution in [3.8, 4) is 11.3 Å². The minimum atomic E-state index is -0.892. The number of rotatable bonds is 1. The van der Waals surface area contributed by atoms with Crippen LogP contribution in [0.2, 0.25) is 0 Å². The van der Waals surface area contributed by atoms with Crippen LogP contribution in [0.1, 0.15) is 0 Å². The van der Waals surface area contributed by atoms with Crippen molar-refractivity contribution < 1.29 is 8.78 Å². The van der Waals surface area contributed by atoms with Crippen molar-refractivity contribution in [3.05, 3.63) is 48.2 Å². The first-order valence-corrected chi connectivity index (χ1v) is 4.34. The number of nitrogens with zero attached hydrogens (tertiary/aromatic N) is 1. The Morgan fingerprint density at radius 1 is 1.00 bits per heavy atom. The molecule has 4 heteroatoms. The van der Waals surface area contributed by atoms with Crippen molar-refractivity contribution in [1.29, 1.82) is 0 Å². The molecule has 2 rings (SSSR count). The lowest BCUT2D eigenvalue weighted by atomic mass is 10.1. The number of hydrogen-bond donors (Lipinski definition) is 1. The molecule has 0 radical (unpaired) electrons. The van der Waals surface area contributed by atoms with E-state index in [-0.39, 0.29) is 0 Å². The standard InChI is InChI=1S/C11H8F2N2/c12-9-2-1-7(5-10(9)13)11-6-8(14)3-4-15-11/h1-6H,(H2,14,15). The van der Waals surface area contributed by atoms with E-state index in [0.29, 0.717) is 16.9 Å². The molecule has 15 heavy (non-hydrogen) atoms. The number of benzene rings is 1. The van der Waals surface area contributed by atoms with Gasteiger partial charge in [-0.3, -0.25) is 4.98 Å². The van der Waals surface area contributed by atoms with E-state index < -0.39 is 11.6 Å². The molecule has 2 aromatic rings. The summed E-state index contributed by atoms with van der Waals surface area (Å²) in [6.07, 6.45) is 1.52. The Hall–Kier alpha value is -1.97. The summed E-state index contributed by atoms with van der Waals surface area (Å²) in [6, 6.07) is 6.85. The molecular weight excluding hydrogens is 198 g/mol. The minimum absolute atomic E-state index is 0.501. The summed E-state index contributed by atoms with van der Waals surface area (Å²) in [7, 11) is 0. The summed E-state index contributed by atoms with van der Waals surface area (Å²) in [5.74, 6) is -1.76. The van der Waals surface area contributed by atoms with Crippen molar-refractivity contribution in [2.45, 2.75) is 0 Å². The number of nitrogen functional groups attached to an aromatic ring is 1. The molecule has 0 aliphatic rings. The summed E-state index contributed by atoms with van der Waals surface area (Å²) < 4.78 is 25.6. The molecule has 0 aliphatic heterocycles. The van der Waals surface area contributed by atoms with Crippen molar-refractivity contribution >= 4 is 5.69 Å². The van der Waals surface area contributed by atoms with Crippen molar-refractivity contribution in [2.75, 3.05) is 5.73 Å². The van der Waals surface area contributed by atoms with Gasteiger partial charge in [-0.05, 0) is 30.3 Å². The lowest BCUT2D eigenvalue weighted by molar-refractivity contribution is 0.509. The van der Waals surface area contributed by atoms with Gasteiger partial charge in [0.25, 0.3) is 0 Å². The van der Waals surface area contributed by atoms with Gasteiger partial charge < -0.3 is 5.73 Å². The number of anilines is 1. The number of halogens is 2. The normalized spacial score (nSPS) is 10.3. The Balaban J connectivity index is 2.50. The van der Waals surface area contributed by atoms with Crippen molar-refractivity contribution in [2.24, 2.45) is 0 Å². The van der Waals surface area contributed by atoms with Gasteiger partial charge in [0.15, 0.2) is 11.6 Å². The Bertz CT molecular complexity index is 498. The summed E-state index contributed by atoms with van der Waals surface area (Å²) in [4.78, 5) is 4.01. The highest BCUT2D eigenvalue weighted by Crippen LogP contribution is 2.20. The molecule has 0 amide bonds. The van der Waals surface area contributed by atoms with Crippen LogP contribution in [0.4, 0.5) is 14.5 Å². The fourth-order valence-electron chi connectivity index (χ4n) is 1.26. The molecule has 0 bridgehead atoms. The molecule has 0 unspecified atom stereocenters. The zero-order valence-electron chi connectivity index (χ0n) is 7.74. The molecule has 0 saturated carbocycles. The molecule has 0 spiro atoms. The van der Waals surface area contributed by atoms with Crippen LogP contribution in [-0.4, -0.2) is 4.98 Å². The third-order valence-corrected chi connectivity index (χ3v) is 2.00. The van der Waals surface area contributed by atoms with Gasteiger partial charge in [0.2, 0.25) is 0 Å². The second-order valence-corrected chi connectivity index (χ2v) is 3.10.